The fourth-order valence-corrected chi connectivity index (χ4v) is 5.40. The Morgan fingerprint density at radius 3 is 2.25 bits per heavy atom. The van der Waals surface area contributed by atoms with Crippen LogP contribution in [0.15, 0.2) is 59.5 Å². The van der Waals surface area contributed by atoms with Gasteiger partial charge in [-0.15, -0.1) is 11.8 Å². The molecule has 8 heteroatoms. The average molecular weight is 423 g/mol. The van der Waals surface area contributed by atoms with E-state index >= 15 is 0 Å². The zero-order chi connectivity index (χ0) is 20.1. The van der Waals surface area contributed by atoms with Crippen LogP contribution in [-0.2, 0) is 14.8 Å². The van der Waals surface area contributed by atoms with Gasteiger partial charge < -0.3 is 4.90 Å². The summed E-state index contributed by atoms with van der Waals surface area (Å²) in [6.07, 6.45) is 0. The molecule has 1 aliphatic rings. The highest BCUT2D eigenvalue weighted by molar-refractivity contribution is 8.00. The standard InChI is InChI=1S/C20H23FN2O3S2/c1-16(17-7-9-18(21)10-8-17)27-15-20(24)22-11-13-23(14-12-22)28(25,26)19-5-3-2-4-6-19/h2-10,16H,11-15H2,1H3. The largest absolute Gasteiger partial charge is 0.339 e. The third-order valence-electron chi connectivity index (χ3n) is 4.77. The van der Waals surface area contributed by atoms with Gasteiger partial charge in [0.25, 0.3) is 0 Å². The number of hydrogen-bond donors (Lipinski definition) is 0. The number of nitrogens with zero attached hydrogens (tertiary/aromatic N) is 2. The Balaban J connectivity index is 1.50. The Kier molecular flexibility index (Phi) is 6.74. The minimum Gasteiger partial charge on any atom is -0.339 e. The predicted octanol–water partition coefficient (Wildman–Crippen LogP) is 3.15. The third-order valence-corrected chi connectivity index (χ3v) is 7.87. The fourth-order valence-electron chi connectivity index (χ4n) is 3.04. The van der Waals surface area contributed by atoms with E-state index in [1.54, 1.807) is 47.4 Å². The molecule has 0 N–H and O–H groups in total. The van der Waals surface area contributed by atoms with Crippen LogP contribution in [0.1, 0.15) is 17.7 Å². The second-order valence-electron chi connectivity index (χ2n) is 6.60. The summed E-state index contributed by atoms with van der Waals surface area (Å²) in [6, 6.07) is 14.6. The van der Waals surface area contributed by atoms with Gasteiger partial charge in [-0.2, -0.15) is 4.31 Å². The number of rotatable bonds is 6. The number of carbonyl (C=O) groups is 1. The van der Waals surface area contributed by atoms with Crippen molar-refractivity contribution in [2.75, 3.05) is 31.9 Å². The lowest BCUT2D eigenvalue weighted by atomic mass is 10.2. The maximum Gasteiger partial charge on any atom is 0.243 e. The highest BCUT2D eigenvalue weighted by Crippen LogP contribution is 2.28. The first-order chi connectivity index (χ1) is 13.4. The van der Waals surface area contributed by atoms with Crippen LogP contribution in [0.4, 0.5) is 4.39 Å². The predicted molar refractivity (Wildman–Crippen MR) is 109 cm³/mol. The first kappa shape index (κ1) is 20.8. The van der Waals surface area contributed by atoms with Gasteiger partial charge in [-0.1, -0.05) is 30.3 Å². The fraction of sp³-hybridized carbons (Fsp3) is 0.350. The van der Waals surface area contributed by atoms with Crippen molar-refractivity contribution in [2.24, 2.45) is 0 Å². The molecule has 1 atom stereocenters. The van der Waals surface area contributed by atoms with E-state index in [2.05, 4.69) is 0 Å². The van der Waals surface area contributed by atoms with Crippen molar-refractivity contribution < 1.29 is 17.6 Å². The molecule has 1 heterocycles. The van der Waals surface area contributed by atoms with E-state index in [0.717, 1.165) is 5.56 Å². The van der Waals surface area contributed by atoms with E-state index in [1.165, 1.54) is 28.2 Å². The topological polar surface area (TPSA) is 57.7 Å². The summed E-state index contributed by atoms with van der Waals surface area (Å²) in [5.74, 6) is 0.0281. The van der Waals surface area contributed by atoms with Crippen molar-refractivity contribution in [2.45, 2.75) is 17.1 Å². The van der Waals surface area contributed by atoms with E-state index in [9.17, 15) is 17.6 Å². The molecular formula is C20H23FN2O3S2. The van der Waals surface area contributed by atoms with Crippen molar-refractivity contribution in [3.05, 3.63) is 66.0 Å². The lowest BCUT2D eigenvalue weighted by Gasteiger charge is -2.34. The molecule has 0 spiro atoms. The maximum absolute atomic E-state index is 13.0. The first-order valence-corrected chi connectivity index (χ1v) is 11.6. The van der Waals surface area contributed by atoms with Gasteiger partial charge in [-0.3, -0.25) is 4.79 Å². The number of benzene rings is 2. The summed E-state index contributed by atoms with van der Waals surface area (Å²) in [6.45, 7) is 3.34. The molecule has 1 aliphatic heterocycles. The second kappa shape index (κ2) is 9.07. The van der Waals surface area contributed by atoms with Crippen molar-refractivity contribution in [1.29, 1.82) is 0 Å². The number of thioether (sulfide) groups is 1. The molecule has 28 heavy (non-hydrogen) atoms. The van der Waals surface area contributed by atoms with Crippen LogP contribution < -0.4 is 0 Å². The van der Waals surface area contributed by atoms with E-state index < -0.39 is 10.0 Å². The van der Waals surface area contributed by atoms with Gasteiger partial charge in [0.15, 0.2) is 0 Å². The van der Waals surface area contributed by atoms with Gasteiger partial charge in [-0.05, 0) is 36.8 Å². The van der Waals surface area contributed by atoms with Crippen LogP contribution >= 0.6 is 11.8 Å². The number of sulfonamides is 1. The van der Waals surface area contributed by atoms with Crippen molar-refractivity contribution in [3.63, 3.8) is 0 Å². The highest BCUT2D eigenvalue weighted by atomic mass is 32.2. The Labute approximate surface area is 169 Å². The van der Waals surface area contributed by atoms with Gasteiger partial charge in [0.2, 0.25) is 15.9 Å². The molecule has 0 bridgehead atoms. The number of amides is 1. The molecule has 2 aromatic carbocycles. The molecule has 0 aromatic heterocycles. The molecule has 3 rings (SSSR count). The molecule has 0 saturated carbocycles. The minimum atomic E-state index is -3.52. The lowest BCUT2D eigenvalue weighted by Crippen LogP contribution is -2.51. The van der Waals surface area contributed by atoms with Gasteiger partial charge in [0, 0.05) is 31.4 Å². The molecule has 150 valence electrons. The quantitative estimate of drug-likeness (QED) is 0.718. The smallest absolute Gasteiger partial charge is 0.243 e. The maximum atomic E-state index is 13.0. The number of piperazine rings is 1. The lowest BCUT2D eigenvalue weighted by molar-refractivity contribution is -0.129. The average Bonchev–Trinajstić information content (AvgIpc) is 2.73. The van der Waals surface area contributed by atoms with Crippen LogP contribution in [0, 0.1) is 5.82 Å². The van der Waals surface area contributed by atoms with Gasteiger partial charge in [0.05, 0.1) is 10.6 Å². The molecule has 1 unspecified atom stereocenters. The minimum absolute atomic E-state index is 0.00396. The van der Waals surface area contributed by atoms with E-state index in [-0.39, 0.29) is 21.9 Å². The normalized spacial score (nSPS) is 16.7. The zero-order valence-corrected chi connectivity index (χ0v) is 17.3. The van der Waals surface area contributed by atoms with Crippen molar-refractivity contribution >= 4 is 27.7 Å². The molecule has 1 fully saturated rings. The monoisotopic (exact) mass is 422 g/mol. The summed E-state index contributed by atoms with van der Waals surface area (Å²) in [5.41, 5.74) is 0.970. The molecule has 0 radical (unpaired) electrons. The van der Waals surface area contributed by atoms with Gasteiger partial charge in [0.1, 0.15) is 5.82 Å². The zero-order valence-electron chi connectivity index (χ0n) is 15.6. The summed E-state index contributed by atoms with van der Waals surface area (Å²) in [4.78, 5) is 14.5. The molecule has 1 saturated heterocycles. The van der Waals surface area contributed by atoms with E-state index in [4.69, 9.17) is 0 Å². The summed E-state index contributed by atoms with van der Waals surface area (Å²) in [5, 5.41) is 0.0734. The SMILES string of the molecule is CC(SCC(=O)N1CCN(S(=O)(=O)c2ccccc2)CC1)c1ccc(F)cc1. The third kappa shape index (κ3) is 4.92. The summed E-state index contributed by atoms with van der Waals surface area (Å²) < 4.78 is 39.8. The molecule has 5 nitrogen and oxygen atoms in total. The van der Waals surface area contributed by atoms with E-state index in [1.807, 2.05) is 6.92 Å². The van der Waals surface area contributed by atoms with Crippen molar-refractivity contribution in [1.82, 2.24) is 9.21 Å². The van der Waals surface area contributed by atoms with Gasteiger partial charge >= 0.3 is 0 Å². The van der Waals surface area contributed by atoms with Crippen molar-refractivity contribution in [3.8, 4) is 0 Å². The van der Waals surface area contributed by atoms with Crippen LogP contribution in [0.5, 0.6) is 0 Å². The first-order valence-electron chi connectivity index (χ1n) is 9.08. The van der Waals surface area contributed by atoms with Crippen LogP contribution in [0.25, 0.3) is 0 Å². The van der Waals surface area contributed by atoms with E-state index in [0.29, 0.717) is 31.9 Å². The Morgan fingerprint density at radius 1 is 1.04 bits per heavy atom. The van der Waals surface area contributed by atoms with Gasteiger partial charge in [-0.25, -0.2) is 12.8 Å². The van der Waals surface area contributed by atoms with Crippen LogP contribution in [0.3, 0.4) is 0 Å². The Bertz CT molecular complexity index is 897. The number of hydrogen-bond acceptors (Lipinski definition) is 4. The summed E-state index contributed by atoms with van der Waals surface area (Å²) in [7, 11) is -3.52. The number of carbonyl (C=O) groups excluding carboxylic acids is 1. The summed E-state index contributed by atoms with van der Waals surface area (Å²) >= 11 is 1.49. The molecule has 1 amide bonds. The van der Waals surface area contributed by atoms with Crippen LogP contribution in [0.2, 0.25) is 0 Å². The highest BCUT2D eigenvalue weighted by Gasteiger charge is 2.30. The Hall–Kier alpha value is -1.90. The van der Waals surface area contributed by atoms with Crippen LogP contribution in [-0.4, -0.2) is 55.5 Å². The number of halogens is 1. The molecule has 2 aromatic rings. The Morgan fingerprint density at radius 2 is 1.64 bits per heavy atom. The second-order valence-corrected chi connectivity index (χ2v) is 9.87. The molecule has 0 aliphatic carbocycles. The molecular weight excluding hydrogens is 399 g/mol.